The van der Waals surface area contributed by atoms with Crippen LogP contribution in [0.15, 0.2) is 115 Å². The molecule has 0 bridgehead atoms. The lowest BCUT2D eigenvalue weighted by atomic mass is 9.55. The molecule has 6 rings (SSSR count). The number of rotatable bonds is 24. The Morgan fingerprint density at radius 3 is 2.25 bits per heavy atom. The summed E-state index contributed by atoms with van der Waals surface area (Å²) >= 11 is 0. The second-order valence-electron chi connectivity index (χ2n) is 16.3. The predicted octanol–water partition coefficient (Wildman–Crippen LogP) is 8.85. The molecule has 0 unspecified atom stereocenters. The molecule has 15 nitrogen and oxygen atoms in total. The summed E-state index contributed by atoms with van der Waals surface area (Å²) in [6.45, 7) is 10.6. The first-order chi connectivity index (χ1) is 31.1. The summed E-state index contributed by atoms with van der Waals surface area (Å²) in [5, 5.41) is 47.3. The average Bonchev–Trinajstić information content (AvgIpc) is 3.30. The number of oxime groups is 1. The van der Waals surface area contributed by atoms with E-state index in [1.54, 1.807) is 47.4 Å². The minimum absolute atomic E-state index is 0.00129. The summed E-state index contributed by atoms with van der Waals surface area (Å²) in [6, 6.07) is 17.0. The summed E-state index contributed by atoms with van der Waals surface area (Å²) < 4.78 is 20.4. The monoisotopic (exact) mass is 878 g/mol. The van der Waals surface area contributed by atoms with Gasteiger partial charge in [-0.05, 0) is 109 Å². The molecule has 1 saturated carbocycles. The molecule has 340 valence electrons. The van der Waals surface area contributed by atoms with Gasteiger partial charge in [0.25, 0.3) is 11.4 Å². The van der Waals surface area contributed by atoms with Gasteiger partial charge in [0.15, 0.2) is 0 Å². The molecule has 0 aromatic heterocycles. The van der Waals surface area contributed by atoms with Gasteiger partial charge in [0.2, 0.25) is 11.7 Å². The van der Waals surface area contributed by atoms with Crippen LogP contribution >= 0.6 is 0 Å². The second-order valence-corrected chi connectivity index (χ2v) is 16.3. The van der Waals surface area contributed by atoms with Crippen LogP contribution < -0.4 is 9.47 Å². The van der Waals surface area contributed by atoms with E-state index in [4.69, 9.17) is 24.2 Å². The van der Waals surface area contributed by atoms with Gasteiger partial charge in [-0.1, -0.05) is 49.7 Å². The fourth-order valence-electron chi connectivity index (χ4n) is 9.42. The maximum atomic E-state index is 14.7. The third kappa shape index (κ3) is 10.8. The molecule has 0 saturated heterocycles. The molecule has 15 heteroatoms. The lowest BCUT2D eigenvalue weighted by molar-refractivity contribution is -0.385. The van der Waals surface area contributed by atoms with Gasteiger partial charge in [0.1, 0.15) is 30.8 Å². The molecule has 1 aliphatic heterocycles. The van der Waals surface area contributed by atoms with Gasteiger partial charge in [0, 0.05) is 68.0 Å². The Kier molecular flexibility index (Phi) is 16.6. The van der Waals surface area contributed by atoms with Crippen LogP contribution in [-0.2, 0) is 21.0 Å². The molecule has 0 spiro atoms. The van der Waals surface area contributed by atoms with Crippen molar-refractivity contribution in [3.63, 3.8) is 0 Å². The number of nitro benzene ring substituents is 2. The van der Waals surface area contributed by atoms with Gasteiger partial charge in [-0.2, -0.15) is 0 Å². The Labute approximate surface area is 373 Å². The maximum Gasteiger partial charge on any atom is 0.269 e. The van der Waals surface area contributed by atoms with Crippen molar-refractivity contribution in [1.29, 1.82) is 0 Å². The second kappa shape index (κ2) is 22.5. The van der Waals surface area contributed by atoms with Gasteiger partial charge >= 0.3 is 0 Å². The maximum absolute atomic E-state index is 14.7. The number of allylic oxidation sites excluding steroid dienone is 1. The summed E-state index contributed by atoms with van der Waals surface area (Å²) in [4.78, 5) is 44.3. The molecule has 1 fully saturated rings. The zero-order chi connectivity index (χ0) is 45.6. The van der Waals surface area contributed by atoms with Crippen LogP contribution in [0.4, 0.5) is 11.4 Å². The van der Waals surface area contributed by atoms with Crippen molar-refractivity contribution in [2.75, 3.05) is 33.0 Å². The van der Waals surface area contributed by atoms with Crippen molar-refractivity contribution in [2.24, 2.45) is 22.9 Å². The number of carbonyl (C=O) groups is 1. The van der Waals surface area contributed by atoms with Crippen LogP contribution in [0.1, 0.15) is 80.9 Å². The number of benzene rings is 3. The predicted molar refractivity (Wildman–Crippen MR) is 243 cm³/mol. The highest BCUT2D eigenvalue weighted by Gasteiger charge is 2.65. The molecular formula is C49H58N4O11. The van der Waals surface area contributed by atoms with E-state index in [2.05, 4.69) is 19.2 Å². The first kappa shape index (κ1) is 47.3. The van der Waals surface area contributed by atoms with E-state index in [0.717, 1.165) is 36.8 Å². The van der Waals surface area contributed by atoms with Gasteiger partial charge in [0.05, 0.1) is 28.1 Å². The largest absolute Gasteiger partial charge is 0.490 e. The molecule has 1 heterocycles. The van der Waals surface area contributed by atoms with Gasteiger partial charge < -0.3 is 34.2 Å². The number of ether oxygens (including phenoxy) is 3. The molecule has 2 aliphatic carbocycles. The number of amides is 1. The van der Waals surface area contributed by atoms with E-state index < -0.39 is 27.6 Å². The lowest BCUT2D eigenvalue weighted by Gasteiger charge is -2.60. The highest BCUT2D eigenvalue weighted by Crippen LogP contribution is 2.62. The molecule has 6 atom stereocenters. The summed E-state index contributed by atoms with van der Waals surface area (Å²) in [5.74, 6) is -1.39. The molecule has 3 aromatic rings. The molecule has 2 N–H and O–H groups in total. The van der Waals surface area contributed by atoms with Crippen molar-refractivity contribution in [2.45, 2.75) is 82.6 Å². The van der Waals surface area contributed by atoms with Crippen molar-refractivity contribution in [3.8, 4) is 11.5 Å². The number of fused-ring (bicyclic) bond motifs is 2. The Morgan fingerprint density at radius 2 is 1.61 bits per heavy atom. The first-order valence-electron chi connectivity index (χ1n) is 22.0. The van der Waals surface area contributed by atoms with E-state index in [0.29, 0.717) is 60.8 Å². The van der Waals surface area contributed by atoms with Crippen molar-refractivity contribution < 1.29 is 43.9 Å². The normalized spacial score (nSPS) is 22.7. The van der Waals surface area contributed by atoms with Crippen molar-refractivity contribution >= 4 is 29.1 Å². The van der Waals surface area contributed by atoms with E-state index >= 15 is 0 Å². The van der Waals surface area contributed by atoms with Gasteiger partial charge in [-0.3, -0.25) is 25.0 Å². The fourth-order valence-corrected chi connectivity index (χ4v) is 9.42. The summed E-state index contributed by atoms with van der Waals surface area (Å²) in [7, 11) is 0. The average molecular weight is 879 g/mol. The SMILES string of the molecule is C=CCOc1ccc2c(c1)[C@H]1[C@H](CCCCO)[C@@H](CCCCO)C=C3C(=NOCc4ccc([N+](=O)[O-])cc4)C[C@H](N(CCC)C(=O)C=Cc4ccc([N+](=O)[O-])cc4)[C@@](OCC=C)(O2)[C@H]31. The van der Waals surface area contributed by atoms with Crippen LogP contribution in [0.3, 0.4) is 0 Å². The molecule has 0 radical (unpaired) electrons. The van der Waals surface area contributed by atoms with Crippen LogP contribution in [0.25, 0.3) is 6.08 Å². The van der Waals surface area contributed by atoms with Crippen molar-refractivity contribution in [3.05, 3.63) is 147 Å². The molecule has 3 aliphatic rings. The molecule has 1 amide bonds. The van der Waals surface area contributed by atoms with Crippen LogP contribution in [0.5, 0.6) is 11.5 Å². The number of aliphatic hydroxyl groups excluding tert-OH is 2. The first-order valence-corrected chi connectivity index (χ1v) is 22.0. The van der Waals surface area contributed by atoms with Crippen LogP contribution in [0.2, 0.25) is 0 Å². The van der Waals surface area contributed by atoms with E-state index in [9.17, 15) is 35.2 Å². The number of nitrogens with zero attached hydrogens (tertiary/aromatic N) is 4. The highest BCUT2D eigenvalue weighted by atomic mass is 16.7. The van der Waals surface area contributed by atoms with E-state index in [1.165, 1.54) is 30.3 Å². The number of hydrogen-bond acceptors (Lipinski definition) is 12. The zero-order valence-corrected chi connectivity index (χ0v) is 36.3. The minimum atomic E-state index is -1.48. The third-order valence-corrected chi connectivity index (χ3v) is 12.2. The fraction of sp³-hybridized carbons (Fsp3) is 0.429. The standard InChI is InChI=1S/C49H58N4O11/c1-4-25-51(46(56)24-17-34-13-18-37(19-14-34)52(57)58)45-32-43(50-63-33-35-15-20-38(21-16-35)53(59)60)41-30-36(11-7-9-26-54)40(12-8-10-27-55)47-42-31-39(61-28-5-2)22-23-44(42)64-49(45,48(41)47)62-29-6-3/h5-6,13-24,30-31,36,40,45,47-48,54-55H,2-4,7-12,25-29,32-33H2,1H3/t36-,40+,45-,47+,48+,49+/m0/s1. The zero-order valence-electron chi connectivity index (χ0n) is 36.3. The lowest BCUT2D eigenvalue weighted by Crippen LogP contribution is -2.70. The highest BCUT2D eigenvalue weighted by molar-refractivity contribution is 6.03. The number of carbonyl (C=O) groups excluding carboxylic acids is 1. The van der Waals surface area contributed by atoms with E-state index in [1.807, 2.05) is 25.1 Å². The molecule has 64 heavy (non-hydrogen) atoms. The summed E-state index contributed by atoms with van der Waals surface area (Å²) in [6.07, 6.45) is 13.7. The number of non-ortho nitro benzene ring substituents is 2. The van der Waals surface area contributed by atoms with Crippen molar-refractivity contribution in [1.82, 2.24) is 4.90 Å². The number of hydrogen-bond donors (Lipinski definition) is 2. The number of nitro groups is 2. The molecule has 3 aromatic carbocycles. The number of unbranched alkanes of at least 4 members (excludes halogenated alkanes) is 2. The Bertz CT molecular complexity index is 2210. The van der Waals surface area contributed by atoms with Gasteiger partial charge in [-0.15, -0.1) is 6.58 Å². The quantitative estimate of drug-likeness (QED) is 0.0287. The third-order valence-electron chi connectivity index (χ3n) is 12.2. The Hall–Kier alpha value is -6.16. The Morgan fingerprint density at radius 1 is 0.938 bits per heavy atom. The van der Waals surface area contributed by atoms with Crippen LogP contribution in [-0.4, -0.2) is 81.4 Å². The topological polar surface area (TPSA) is 196 Å². The minimum Gasteiger partial charge on any atom is -0.490 e. The molecular weight excluding hydrogens is 821 g/mol. The Balaban J connectivity index is 1.55. The number of aliphatic hydroxyl groups is 2. The summed E-state index contributed by atoms with van der Waals surface area (Å²) in [5.41, 5.74) is 3.54. The van der Waals surface area contributed by atoms with Crippen LogP contribution in [0, 0.1) is 38.0 Å². The van der Waals surface area contributed by atoms with Gasteiger partial charge in [-0.25, -0.2) is 0 Å². The smallest absolute Gasteiger partial charge is 0.269 e. The van der Waals surface area contributed by atoms with E-state index in [-0.39, 0.29) is 67.9 Å².